The second kappa shape index (κ2) is 11.1. The van der Waals surface area contributed by atoms with Crippen LogP contribution in [0.2, 0.25) is 0 Å². The van der Waals surface area contributed by atoms with Gasteiger partial charge in [-0.25, -0.2) is 19.1 Å². The summed E-state index contributed by atoms with van der Waals surface area (Å²) in [4.78, 5) is 46.6. The number of H-pyrrole nitrogens is 1. The quantitative estimate of drug-likeness (QED) is 0.218. The van der Waals surface area contributed by atoms with Gasteiger partial charge >= 0.3 is 17.7 Å². The minimum Gasteiger partial charge on any atom is -0.497 e. The molecule has 1 aliphatic rings. The van der Waals surface area contributed by atoms with E-state index in [0.717, 1.165) is 22.5 Å². The first-order valence-corrected chi connectivity index (χ1v) is 12.8. The predicted molar refractivity (Wildman–Crippen MR) is 146 cm³/mol. The van der Waals surface area contributed by atoms with Gasteiger partial charge in [0.1, 0.15) is 17.8 Å². The van der Waals surface area contributed by atoms with Crippen molar-refractivity contribution in [2.24, 2.45) is 7.05 Å². The summed E-state index contributed by atoms with van der Waals surface area (Å²) in [5.41, 5.74) is 3.51. The van der Waals surface area contributed by atoms with E-state index in [1.807, 2.05) is 31.2 Å². The summed E-state index contributed by atoms with van der Waals surface area (Å²) >= 11 is 0. The smallest absolute Gasteiger partial charge is 0.434 e. The normalized spacial score (nSPS) is 17.0. The minimum absolute atomic E-state index is 0.0386. The number of alkyl carbamates (subject to hydrolysis) is 1. The molecule has 40 heavy (non-hydrogen) atoms. The van der Waals surface area contributed by atoms with Crippen molar-refractivity contribution in [3.8, 4) is 5.75 Å². The molecule has 3 aromatic heterocycles. The number of nitro groups is 1. The molecule has 3 heterocycles. The zero-order chi connectivity index (χ0) is 28.4. The van der Waals surface area contributed by atoms with E-state index in [9.17, 15) is 19.7 Å². The zero-order valence-electron chi connectivity index (χ0n) is 22.3. The number of methoxy groups -OCH3 is 1. The highest BCUT2D eigenvalue weighted by Gasteiger charge is 2.27. The molecule has 1 aliphatic carbocycles. The Morgan fingerprint density at radius 2 is 1.98 bits per heavy atom. The van der Waals surface area contributed by atoms with Crippen molar-refractivity contribution in [1.82, 2.24) is 29.4 Å². The largest absolute Gasteiger partial charge is 0.497 e. The van der Waals surface area contributed by atoms with Crippen molar-refractivity contribution in [3.05, 3.63) is 68.5 Å². The van der Waals surface area contributed by atoms with E-state index in [2.05, 4.69) is 25.6 Å². The Hall–Kier alpha value is -4.88. The molecule has 210 valence electrons. The van der Waals surface area contributed by atoms with Crippen LogP contribution in [-0.4, -0.2) is 48.3 Å². The molecule has 1 saturated carbocycles. The molecule has 0 spiro atoms. The van der Waals surface area contributed by atoms with Crippen LogP contribution in [0.15, 0.2) is 41.5 Å². The number of hydrogen-bond acceptors (Lipinski definition) is 9. The molecule has 14 nitrogen and oxygen atoms in total. The number of aromatic amines is 1. The highest BCUT2D eigenvalue weighted by molar-refractivity contribution is 5.79. The lowest BCUT2D eigenvalue weighted by Gasteiger charge is -2.29. The number of fused-ring (bicyclic) bond motifs is 1. The predicted octanol–water partition coefficient (Wildman–Crippen LogP) is 3.84. The summed E-state index contributed by atoms with van der Waals surface area (Å²) in [6.07, 6.45) is 5.06. The van der Waals surface area contributed by atoms with Crippen molar-refractivity contribution in [2.75, 3.05) is 12.4 Å². The van der Waals surface area contributed by atoms with Gasteiger partial charge in [0.05, 0.1) is 31.4 Å². The van der Waals surface area contributed by atoms with E-state index in [0.29, 0.717) is 42.7 Å². The van der Waals surface area contributed by atoms with Gasteiger partial charge in [-0.2, -0.15) is 0 Å². The molecule has 1 fully saturated rings. The van der Waals surface area contributed by atoms with E-state index < -0.39 is 11.0 Å². The van der Waals surface area contributed by atoms with E-state index in [-0.39, 0.29) is 30.3 Å². The van der Waals surface area contributed by atoms with Crippen LogP contribution >= 0.6 is 0 Å². The first-order valence-electron chi connectivity index (χ1n) is 12.8. The van der Waals surface area contributed by atoms with Crippen LogP contribution in [0.1, 0.15) is 43.0 Å². The number of rotatable bonds is 8. The van der Waals surface area contributed by atoms with Crippen LogP contribution in [-0.2, 0) is 18.4 Å². The van der Waals surface area contributed by atoms with Crippen molar-refractivity contribution < 1.29 is 19.2 Å². The lowest BCUT2D eigenvalue weighted by atomic mass is 9.91. The van der Waals surface area contributed by atoms with E-state index >= 15 is 0 Å². The molecule has 0 unspecified atom stereocenters. The summed E-state index contributed by atoms with van der Waals surface area (Å²) in [5.74, 6) is 1.06. The van der Waals surface area contributed by atoms with Gasteiger partial charge in [0.25, 0.3) is 0 Å². The molecule has 0 radical (unpaired) electrons. The number of carbonyl (C=O) groups excluding carboxylic acids is 1. The second-order valence-corrected chi connectivity index (χ2v) is 9.78. The second-order valence-electron chi connectivity index (χ2n) is 9.78. The molecule has 1 amide bonds. The number of nitrogens with zero attached hydrogens (tertiary/aromatic N) is 5. The summed E-state index contributed by atoms with van der Waals surface area (Å²) in [7, 11) is 3.11. The lowest BCUT2D eigenvalue weighted by molar-refractivity contribution is -0.396. The summed E-state index contributed by atoms with van der Waals surface area (Å²) in [6.45, 7) is 1.84. The number of pyridine rings is 1. The van der Waals surface area contributed by atoms with Gasteiger partial charge in [-0.15, -0.1) is 0 Å². The Morgan fingerprint density at radius 3 is 2.65 bits per heavy atom. The number of anilines is 2. The van der Waals surface area contributed by atoms with Crippen LogP contribution in [0.25, 0.3) is 11.0 Å². The third-order valence-electron chi connectivity index (χ3n) is 7.26. The monoisotopic (exact) mass is 550 g/mol. The number of amides is 1. The topological polar surface area (TPSA) is 171 Å². The lowest BCUT2D eigenvalue weighted by Crippen LogP contribution is -2.39. The van der Waals surface area contributed by atoms with Crippen LogP contribution in [0.3, 0.4) is 0 Å². The summed E-state index contributed by atoms with van der Waals surface area (Å²) in [5, 5.41) is 17.1. The average molecular weight is 551 g/mol. The van der Waals surface area contributed by atoms with Crippen LogP contribution in [0.4, 0.5) is 22.2 Å². The number of aromatic nitrogens is 5. The van der Waals surface area contributed by atoms with Crippen molar-refractivity contribution >= 4 is 34.6 Å². The summed E-state index contributed by atoms with van der Waals surface area (Å²) < 4.78 is 13.6. The fourth-order valence-electron chi connectivity index (χ4n) is 5.06. The maximum absolute atomic E-state index is 12.9. The van der Waals surface area contributed by atoms with Gasteiger partial charge in [-0.05, 0) is 61.3 Å². The first-order chi connectivity index (χ1) is 19.2. The number of carbonyl (C=O) groups is 1. The summed E-state index contributed by atoms with van der Waals surface area (Å²) in [6, 6.07) is 7.43. The number of hydrogen-bond donors (Lipinski definition) is 3. The number of benzene rings is 1. The molecular formula is C26H30N8O6. The van der Waals surface area contributed by atoms with Gasteiger partial charge in [0, 0.05) is 23.8 Å². The highest BCUT2D eigenvalue weighted by atomic mass is 16.6. The molecule has 0 aliphatic heterocycles. The fourth-order valence-corrected chi connectivity index (χ4v) is 5.06. The molecule has 0 bridgehead atoms. The van der Waals surface area contributed by atoms with Gasteiger partial charge in [0.15, 0.2) is 12.3 Å². The van der Waals surface area contributed by atoms with Gasteiger partial charge in [-0.3, -0.25) is 4.57 Å². The number of ether oxygens (including phenoxy) is 2. The number of nitrogens with one attached hydrogen (secondary N) is 3. The Morgan fingerprint density at radius 1 is 1.20 bits per heavy atom. The highest BCUT2D eigenvalue weighted by Crippen LogP contribution is 2.31. The molecule has 5 rings (SSSR count). The minimum atomic E-state index is -0.604. The van der Waals surface area contributed by atoms with Crippen molar-refractivity contribution in [2.45, 2.75) is 51.3 Å². The van der Waals surface area contributed by atoms with Gasteiger partial charge < -0.3 is 35.2 Å². The van der Waals surface area contributed by atoms with Gasteiger partial charge in [-0.1, -0.05) is 4.98 Å². The number of aryl methyl sites for hydroxylation is 1. The molecular weight excluding hydrogens is 520 g/mol. The van der Waals surface area contributed by atoms with Crippen molar-refractivity contribution in [1.29, 1.82) is 0 Å². The average Bonchev–Trinajstić information content (AvgIpc) is 3.47. The fraction of sp³-hybridized carbons (Fsp3) is 0.385. The van der Waals surface area contributed by atoms with Crippen LogP contribution < -0.4 is 21.1 Å². The number of imidazole rings is 2. The maximum Gasteiger partial charge on any atom is 0.434 e. The van der Waals surface area contributed by atoms with Gasteiger partial charge in [0.2, 0.25) is 0 Å². The molecule has 1 aromatic carbocycles. The molecule has 0 atom stereocenters. The Kier molecular flexibility index (Phi) is 7.40. The Bertz CT molecular complexity index is 1620. The molecule has 14 heteroatoms. The molecule has 0 saturated heterocycles. The third-order valence-corrected chi connectivity index (χ3v) is 7.26. The Balaban J connectivity index is 1.21. The Labute approximate surface area is 228 Å². The molecule has 3 N–H and O–H groups in total. The van der Waals surface area contributed by atoms with E-state index in [4.69, 9.17) is 9.47 Å². The third kappa shape index (κ3) is 5.46. The van der Waals surface area contributed by atoms with Crippen LogP contribution in [0, 0.1) is 17.0 Å². The first kappa shape index (κ1) is 26.7. The van der Waals surface area contributed by atoms with Crippen molar-refractivity contribution in [3.63, 3.8) is 0 Å². The van der Waals surface area contributed by atoms with E-state index in [1.165, 1.54) is 17.8 Å². The standard InChI is InChI=1S/C26H30N8O6/c1-15-10-19(39-3)8-9-20(15)30-23-11-22-21(13-27-23)31-25(35)33(22)17-6-4-16(5-7-17)29-26(36)40-14-18-12-28-24(32(18)2)34(37)38/h8-13,16-17H,4-7,14H2,1-3H3,(H,27,30)(H,29,36)(H,31,35). The maximum atomic E-state index is 12.9. The zero-order valence-corrected chi connectivity index (χ0v) is 22.3. The van der Waals surface area contributed by atoms with E-state index in [1.54, 1.807) is 17.9 Å². The SMILES string of the molecule is COc1ccc(Nc2cc3c(cn2)[nH]c(=O)n3C2CCC(NC(=O)OCc3cnc([N+](=O)[O-])n3C)CC2)c(C)c1. The molecule has 4 aromatic rings. The van der Waals surface area contributed by atoms with Crippen LogP contribution in [0.5, 0.6) is 5.75 Å².